The molecule has 2 fully saturated rings. The molecule has 24 heavy (non-hydrogen) atoms. The van der Waals surface area contributed by atoms with E-state index in [2.05, 4.69) is 26.1 Å². The van der Waals surface area contributed by atoms with Crippen LogP contribution >= 0.6 is 0 Å². The van der Waals surface area contributed by atoms with Crippen molar-refractivity contribution in [2.75, 3.05) is 31.1 Å². The van der Waals surface area contributed by atoms with Gasteiger partial charge in [0.2, 0.25) is 0 Å². The summed E-state index contributed by atoms with van der Waals surface area (Å²) < 4.78 is 0. The third-order valence-electron chi connectivity index (χ3n) is 5.04. The van der Waals surface area contributed by atoms with Crippen LogP contribution in [0.15, 0.2) is 41.2 Å². The number of nitrogens with zero attached hydrogens (tertiary/aromatic N) is 4. The summed E-state index contributed by atoms with van der Waals surface area (Å²) in [6.45, 7) is 5.10. The lowest BCUT2D eigenvalue weighted by atomic mass is 10.0. The van der Waals surface area contributed by atoms with Crippen molar-refractivity contribution in [2.24, 2.45) is 11.8 Å². The van der Waals surface area contributed by atoms with E-state index in [1.807, 2.05) is 24.3 Å². The van der Waals surface area contributed by atoms with Crippen molar-refractivity contribution in [1.82, 2.24) is 15.1 Å². The second kappa shape index (κ2) is 6.10. The standard InChI is InChI=1S/C18H19N5O/c19-7-13-1-3-14(4-2-13)8-22-9-15-11-23(12-16(15)10-22)17-5-6-18(24)21-20-17/h1-6,15-16H,8-12H2,(H,21,24). The molecule has 0 amide bonds. The summed E-state index contributed by atoms with van der Waals surface area (Å²) in [6, 6.07) is 13.4. The number of hydrogen-bond donors (Lipinski definition) is 1. The predicted octanol–water partition coefficient (Wildman–Crippen LogP) is 1.21. The van der Waals surface area contributed by atoms with Crippen molar-refractivity contribution >= 4 is 5.82 Å². The summed E-state index contributed by atoms with van der Waals surface area (Å²) >= 11 is 0. The number of benzene rings is 1. The van der Waals surface area contributed by atoms with Gasteiger partial charge in [-0.15, -0.1) is 0 Å². The molecule has 1 N–H and O–H groups in total. The van der Waals surface area contributed by atoms with Gasteiger partial charge in [0.15, 0.2) is 0 Å². The van der Waals surface area contributed by atoms with Gasteiger partial charge in [0.1, 0.15) is 5.82 Å². The maximum atomic E-state index is 11.1. The number of nitrogens with one attached hydrogen (secondary N) is 1. The number of aromatic nitrogens is 2. The smallest absolute Gasteiger partial charge is 0.264 e. The number of hydrogen-bond acceptors (Lipinski definition) is 5. The van der Waals surface area contributed by atoms with E-state index in [9.17, 15) is 4.79 Å². The number of fused-ring (bicyclic) bond motifs is 1. The SMILES string of the molecule is N#Cc1ccc(CN2CC3CN(c4ccc(=O)[nH]n4)CC3C2)cc1. The van der Waals surface area contributed by atoms with Crippen LogP contribution in [0.4, 0.5) is 5.82 Å². The van der Waals surface area contributed by atoms with E-state index in [0.29, 0.717) is 17.4 Å². The van der Waals surface area contributed by atoms with E-state index in [1.165, 1.54) is 11.6 Å². The molecular weight excluding hydrogens is 302 g/mol. The molecule has 0 spiro atoms. The second-order valence-electron chi connectivity index (χ2n) is 6.71. The number of likely N-dealkylation sites (tertiary alicyclic amines) is 1. The molecule has 2 atom stereocenters. The molecule has 0 aliphatic carbocycles. The molecule has 2 aliphatic rings. The number of nitriles is 1. The van der Waals surface area contributed by atoms with Gasteiger partial charge in [-0.3, -0.25) is 9.69 Å². The minimum atomic E-state index is -0.160. The Balaban J connectivity index is 1.36. The monoisotopic (exact) mass is 321 g/mol. The lowest BCUT2D eigenvalue weighted by Gasteiger charge is -2.22. The summed E-state index contributed by atoms with van der Waals surface area (Å²) in [5.74, 6) is 2.16. The summed E-state index contributed by atoms with van der Waals surface area (Å²) in [6.07, 6.45) is 0. The van der Waals surface area contributed by atoms with Gasteiger partial charge in [-0.05, 0) is 35.6 Å². The van der Waals surface area contributed by atoms with Crippen molar-refractivity contribution in [1.29, 1.82) is 5.26 Å². The number of H-pyrrole nitrogens is 1. The quantitative estimate of drug-likeness (QED) is 0.919. The Morgan fingerprint density at radius 3 is 2.38 bits per heavy atom. The maximum Gasteiger partial charge on any atom is 0.264 e. The van der Waals surface area contributed by atoms with E-state index in [0.717, 1.165) is 38.5 Å². The highest BCUT2D eigenvalue weighted by atomic mass is 16.1. The van der Waals surface area contributed by atoms with Crippen LogP contribution in [-0.2, 0) is 6.54 Å². The summed E-state index contributed by atoms with van der Waals surface area (Å²) in [5.41, 5.74) is 1.81. The van der Waals surface area contributed by atoms with Crippen LogP contribution in [0, 0.1) is 23.2 Å². The topological polar surface area (TPSA) is 76.0 Å². The molecule has 2 unspecified atom stereocenters. The average Bonchev–Trinajstić information content (AvgIpc) is 3.14. The summed E-state index contributed by atoms with van der Waals surface area (Å²) in [5, 5.41) is 15.5. The van der Waals surface area contributed by atoms with Gasteiger partial charge in [-0.1, -0.05) is 12.1 Å². The molecule has 2 aliphatic heterocycles. The van der Waals surface area contributed by atoms with Crippen molar-refractivity contribution in [3.05, 3.63) is 57.9 Å². The fraction of sp³-hybridized carbons (Fsp3) is 0.389. The van der Waals surface area contributed by atoms with Crippen LogP contribution in [0.25, 0.3) is 0 Å². The van der Waals surface area contributed by atoms with Crippen LogP contribution in [0.3, 0.4) is 0 Å². The van der Waals surface area contributed by atoms with Gasteiger partial charge >= 0.3 is 0 Å². The zero-order chi connectivity index (χ0) is 16.5. The zero-order valence-electron chi connectivity index (χ0n) is 13.4. The van der Waals surface area contributed by atoms with E-state index in [1.54, 1.807) is 6.07 Å². The van der Waals surface area contributed by atoms with E-state index >= 15 is 0 Å². The van der Waals surface area contributed by atoms with E-state index < -0.39 is 0 Å². The van der Waals surface area contributed by atoms with Crippen LogP contribution in [0.1, 0.15) is 11.1 Å². The highest BCUT2D eigenvalue weighted by Gasteiger charge is 2.40. The minimum absolute atomic E-state index is 0.160. The second-order valence-corrected chi connectivity index (χ2v) is 6.71. The molecule has 0 saturated carbocycles. The van der Waals surface area contributed by atoms with E-state index in [-0.39, 0.29) is 5.56 Å². The fourth-order valence-electron chi connectivity index (χ4n) is 3.86. The third-order valence-corrected chi connectivity index (χ3v) is 5.04. The molecule has 2 saturated heterocycles. The Kier molecular flexibility index (Phi) is 3.79. The highest BCUT2D eigenvalue weighted by Crippen LogP contribution is 2.33. The molecule has 2 aromatic rings. The molecule has 4 rings (SSSR count). The first-order valence-corrected chi connectivity index (χ1v) is 8.23. The van der Waals surface area contributed by atoms with Gasteiger partial charge < -0.3 is 4.90 Å². The van der Waals surface area contributed by atoms with Crippen molar-refractivity contribution in [2.45, 2.75) is 6.54 Å². The summed E-state index contributed by atoms with van der Waals surface area (Å²) in [7, 11) is 0. The van der Waals surface area contributed by atoms with Crippen LogP contribution in [-0.4, -0.2) is 41.3 Å². The van der Waals surface area contributed by atoms with Crippen molar-refractivity contribution in [3.8, 4) is 6.07 Å². The Morgan fingerprint density at radius 1 is 1.08 bits per heavy atom. The first kappa shape index (κ1) is 14.9. The van der Waals surface area contributed by atoms with Crippen LogP contribution in [0.5, 0.6) is 0 Å². The van der Waals surface area contributed by atoms with Gasteiger partial charge in [0, 0.05) is 38.8 Å². The molecule has 3 heterocycles. The first-order chi connectivity index (χ1) is 11.7. The largest absolute Gasteiger partial charge is 0.355 e. The fourth-order valence-corrected chi connectivity index (χ4v) is 3.86. The number of rotatable bonds is 3. The predicted molar refractivity (Wildman–Crippen MR) is 90.5 cm³/mol. The van der Waals surface area contributed by atoms with Crippen molar-refractivity contribution in [3.63, 3.8) is 0 Å². The molecular formula is C18H19N5O. The minimum Gasteiger partial charge on any atom is -0.355 e. The molecule has 6 nitrogen and oxygen atoms in total. The Bertz CT molecular complexity index is 788. The average molecular weight is 321 g/mol. The van der Waals surface area contributed by atoms with Gasteiger partial charge in [0.05, 0.1) is 11.6 Å². The Labute approximate surface area is 140 Å². The van der Waals surface area contributed by atoms with Gasteiger partial charge in [-0.25, -0.2) is 5.10 Å². The Hall–Kier alpha value is -2.65. The van der Waals surface area contributed by atoms with E-state index in [4.69, 9.17) is 5.26 Å². The molecule has 1 aromatic carbocycles. The third kappa shape index (κ3) is 2.91. The lowest BCUT2D eigenvalue weighted by Crippen LogP contribution is -2.29. The van der Waals surface area contributed by atoms with Crippen molar-refractivity contribution < 1.29 is 0 Å². The van der Waals surface area contributed by atoms with Crippen LogP contribution < -0.4 is 10.5 Å². The molecule has 0 bridgehead atoms. The zero-order valence-corrected chi connectivity index (χ0v) is 13.4. The summed E-state index contributed by atoms with van der Waals surface area (Å²) in [4.78, 5) is 15.9. The van der Waals surface area contributed by atoms with Crippen LogP contribution in [0.2, 0.25) is 0 Å². The number of anilines is 1. The maximum absolute atomic E-state index is 11.1. The molecule has 122 valence electrons. The van der Waals surface area contributed by atoms with Gasteiger partial charge in [-0.2, -0.15) is 10.4 Å². The highest BCUT2D eigenvalue weighted by molar-refractivity contribution is 5.39. The van der Waals surface area contributed by atoms with Gasteiger partial charge in [0.25, 0.3) is 5.56 Å². The normalized spacial score (nSPS) is 23.2. The Morgan fingerprint density at radius 2 is 1.79 bits per heavy atom. The first-order valence-electron chi connectivity index (χ1n) is 8.23. The molecule has 0 radical (unpaired) electrons. The molecule has 6 heteroatoms. The molecule has 1 aromatic heterocycles. The number of aromatic amines is 1. The lowest BCUT2D eigenvalue weighted by molar-refractivity contribution is 0.308.